The molecule has 0 amide bonds. The zero-order chi connectivity index (χ0) is 47.3. The summed E-state index contributed by atoms with van der Waals surface area (Å²) in [7, 11) is 0. The van der Waals surface area contributed by atoms with E-state index in [2.05, 4.69) is 23.8 Å². The molecule has 10 N–H and O–H groups in total. The Kier molecular flexibility index (Phi) is 17.3. The molecule has 64 heavy (non-hydrogen) atoms. The lowest BCUT2D eigenvalue weighted by atomic mass is 9.67. The minimum atomic E-state index is -2.22. The number of nitrogens with one attached hydrogen (secondary N) is 2. The standard InChI is InChI=1S/C20H18O8.2C14H19FN2O/c1-11-3-7-13(8-4-11)19(25)27-15(17(21)22)16(18(23)24)28-20(26)14-9-5-12(2)6-10-14;2*1-2-7-13(10-18)8-17-9-14(13,16)11-5-3-4-6-12(11)15/h3-10,15-16H,1-2H3,(H,21,22)(H,23,24);2*2-6,17-18H,1,7-10,16H2/t;2*13-,14+/m.00/s1. The first-order valence-corrected chi connectivity index (χ1v) is 20.3. The summed E-state index contributed by atoms with van der Waals surface area (Å²) in [6.07, 6.45) is 0.0985. The highest BCUT2D eigenvalue weighted by molar-refractivity contribution is 5.95. The summed E-state index contributed by atoms with van der Waals surface area (Å²) in [6, 6.07) is 25.1. The third-order valence-electron chi connectivity index (χ3n) is 11.8. The number of aliphatic hydroxyl groups is 2. The maximum Gasteiger partial charge on any atom is 0.349 e. The van der Waals surface area contributed by atoms with Gasteiger partial charge < -0.3 is 52.0 Å². The normalized spacial score (nSPS) is 23.2. The van der Waals surface area contributed by atoms with Crippen molar-refractivity contribution in [2.24, 2.45) is 22.3 Å². The molecule has 14 nitrogen and oxygen atoms in total. The molecule has 342 valence electrons. The first-order chi connectivity index (χ1) is 30.4. The molecule has 2 aliphatic heterocycles. The monoisotopic (exact) mass is 886 g/mol. The zero-order valence-corrected chi connectivity index (χ0v) is 35.8. The van der Waals surface area contributed by atoms with E-state index in [1.54, 1.807) is 86.7 Å². The van der Waals surface area contributed by atoms with Crippen LogP contribution >= 0.6 is 0 Å². The summed E-state index contributed by atoms with van der Waals surface area (Å²) in [4.78, 5) is 47.3. The molecule has 4 aromatic carbocycles. The molecule has 0 radical (unpaired) electrons. The number of halogens is 2. The van der Waals surface area contributed by atoms with Gasteiger partial charge in [0.05, 0.1) is 35.4 Å². The highest BCUT2D eigenvalue weighted by Crippen LogP contribution is 2.45. The van der Waals surface area contributed by atoms with E-state index in [4.69, 9.17) is 20.9 Å². The smallest absolute Gasteiger partial charge is 0.349 e. The largest absolute Gasteiger partial charge is 0.478 e. The quantitative estimate of drug-likeness (QED) is 0.0606. The van der Waals surface area contributed by atoms with Gasteiger partial charge in [0.15, 0.2) is 0 Å². The van der Waals surface area contributed by atoms with Gasteiger partial charge in [0.1, 0.15) is 11.6 Å². The Hall–Kier alpha value is -6.14. The summed E-state index contributed by atoms with van der Waals surface area (Å²) < 4.78 is 37.6. The van der Waals surface area contributed by atoms with E-state index in [9.17, 15) is 48.4 Å². The number of rotatable bonds is 15. The van der Waals surface area contributed by atoms with Crippen LogP contribution in [-0.4, -0.2) is 95.9 Å². The van der Waals surface area contributed by atoms with Crippen molar-refractivity contribution in [3.05, 3.63) is 167 Å². The molecule has 2 heterocycles. The van der Waals surface area contributed by atoms with Crippen molar-refractivity contribution >= 4 is 23.9 Å². The second kappa shape index (κ2) is 22.0. The first-order valence-electron chi connectivity index (χ1n) is 20.3. The molecule has 2 fully saturated rings. The van der Waals surface area contributed by atoms with Gasteiger partial charge in [0.25, 0.3) is 0 Å². The molecule has 2 aliphatic rings. The van der Waals surface area contributed by atoms with Crippen LogP contribution in [0.4, 0.5) is 8.78 Å². The number of aliphatic hydroxyl groups excluding tert-OH is 2. The predicted octanol–water partition coefficient (Wildman–Crippen LogP) is 4.50. The van der Waals surface area contributed by atoms with E-state index in [-0.39, 0.29) is 36.0 Å². The predicted molar refractivity (Wildman–Crippen MR) is 235 cm³/mol. The number of carbonyl (C=O) groups excluding carboxylic acids is 2. The van der Waals surface area contributed by atoms with Gasteiger partial charge in [-0.3, -0.25) is 0 Å². The average Bonchev–Trinajstić information content (AvgIpc) is 3.79. The Balaban J connectivity index is 0.000000219. The van der Waals surface area contributed by atoms with E-state index in [1.165, 1.54) is 36.4 Å². The minimum Gasteiger partial charge on any atom is -0.478 e. The van der Waals surface area contributed by atoms with Crippen molar-refractivity contribution in [1.82, 2.24) is 10.6 Å². The summed E-state index contributed by atoms with van der Waals surface area (Å²) in [5.74, 6) is -6.28. The molecule has 0 saturated carbocycles. The van der Waals surface area contributed by atoms with Crippen LogP contribution in [0, 0.1) is 36.3 Å². The van der Waals surface area contributed by atoms with E-state index < -0.39 is 58.0 Å². The van der Waals surface area contributed by atoms with Crippen LogP contribution in [0.5, 0.6) is 0 Å². The van der Waals surface area contributed by atoms with Crippen molar-refractivity contribution in [3.63, 3.8) is 0 Å². The van der Waals surface area contributed by atoms with Gasteiger partial charge in [0.2, 0.25) is 12.2 Å². The van der Waals surface area contributed by atoms with Crippen LogP contribution in [0.1, 0.15) is 55.8 Å². The molecule has 2 unspecified atom stereocenters. The fraction of sp³-hybridized carbons (Fsp3) is 0.333. The molecule has 6 atom stereocenters. The third kappa shape index (κ3) is 11.0. The van der Waals surface area contributed by atoms with Crippen molar-refractivity contribution in [2.45, 2.75) is 50.0 Å². The van der Waals surface area contributed by atoms with Gasteiger partial charge in [-0.1, -0.05) is 83.9 Å². The SMILES string of the molecule is C=CC[C@@]1(CO)CNC[C@@]1(N)c1ccccc1F.C=CC[C@@]1(CO)CNC[C@@]1(N)c1ccccc1F.Cc1ccc(C(=O)OC(C(=O)O)C(OC(=O)c2ccc(C)cc2)C(=O)O)cc1. The fourth-order valence-corrected chi connectivity index (χ4v) is 7.91. The van der Waals surface area contributed by atoms with Crippen LogP contribution in [0.15, 0.2) is 122 Å². The number of nitrogens with two attached hydrogens (primary N) is 2. The molecule has 2 saturated heterocycles. The van der Waals surface area contributed by atoms with Crippen molar-refractivity contribution in [3.8, 4) is 0 Å². The number of hydrogen-bond donors (Lipinski definition) is 8. The highest BCUT2D eigenvalue weighted by atomic mass is 19.1. The number of esters is 2. The molecule has 6 rings (SSSR count). The summed E-state index contributed by atoms with van der Waals surface area (Å²) >= 11 is 0. The number of carboxylic acids is 2. The third-order valence-corrected chi connectivity index (χ3v) is 11.8. The number of hydrogen-bond acceptors (Lipinski definition) is 12. The average molecular weight is 887 g/mol. The fourth-order valence-electron chi connectivity index (χ4n) is 7.91. The van der Waals surface area contributed by atoms with Crippen molar-refractivity contribution < 1.29 is 57.9 Å². The lowest BCUT2D eigenvalue weighted by Crippen LogP contribution is -2.54. The van der Waals surface area contributed by atoms with Gasteiger partial charge in [-0.2, -0.15) is 0 Å². The molecule has 0 bridgehead atoms. The van der Waals surface area contributed by atoms with Crippen LogP contribution < -0.4 is 22.1 Å². The van der Waals surface area contributed by atoms with E-state index in [0.29, 0.717) is 50.1 Å². The number of allylic oxidation sites excluding steroid dienone is 2. The van der Waals surface area contributed by atoms with Crippen molar-refractivity contribution in [1.29, 1.82) is 0 Å². The Labute approximate surface area is 370 Å². The summed E-state index contributed by atoms with van der Waals surface area (Å²) in [5.41, 5.74) is 12.6. The van der Waals surface area contributed by atoms with Crippen molar-refractivity contribution in [2.75, 3.05) is 39.4 Å². The minimum absolute atomic E-state index is 0.0332. The lowest BCUT2D eigenvalue weighted by molar-refractivity contribution is -0.166. The Bertz CT molecular complexity index is 2120. The van der Waals surface area contributed by atoms with Crippen LogP contribution in [-0.2, 0) is 30.1 Å². The van der Waals surface area contributed by atoms with Gasteiger partial charge in [0, 0.05) is 48.1 Å². The van der Waals surface area contributed by atoms with Crippen LogP contribution in [0.25, 0.3) is 0 Å². The summed E-state index contributed by atoms with van der Waals surface area (Å²) in [5, 5.41) is 44.5. The number of carboxylic acid groups (broad SMARTS) is 2. The van der Waals surface area contributed by atoms with E-state index in [0.717, 1.165) is 11.1 Å². The maximum absolute atomic E-state index is 14.0. The molecule has 0 spiro atoms. The van der Waals surface area contributed by atoms with Gasteiger partial charge in [-0.15, -0.1) is 13.2 Å². The second-order valence-corrected chi connectivity index (χ2v) is 16.0. The number of aliphatic carboxylic acids is 2. The molecule has 0 aliphatic carbocycles. The maximum atomic E-state index is 14.0. The molecule has 4 aromatic rings. The van der Waals surface area contributed by atoms with E-state index >= 15 is 0 Å². The van der Waals surface area contributed by atoms with Crippen LogP contribution in [0.2, 0.25) is 0 Å². The first kappa shape index (κ1) is 50.5. The van der Waals surface area contributed by atoms with Gasteiger partial charge in [-0.25, -0.2) is 28.0 Å². The summed E-state index contributed by atoms with van der Waals surface area (Å²) in [6.45, 7) is 12.8. The molecule has 0 aromatic heterocycles. The Morgan fingerprint density at radius 2 is 0.953 bits per heavy atom. The second-order valence-electron chi connectivity index (χ2n) is 16.0. The van der Waals surface area contributed by atoms with E-state index in [1.807, 2.05) is 0 Å². The zero-order valence-electron chi connectivity index (χ0n) is 35.8. The number of carbonyl (C=O) groups is 4. The van der Waals surface area contributed by atoms with Gasteiger partial charge in [-0.05, 0) is 63.1 Å². The lowest BCUT2D eigenvalue weighted by Gasteiger charge is -2.41. The number of aryl methyl sites for hydroxylation is 2. The molecular weight excluding hydrogens is 831 g/mol. The highest BCUT2D eigenvalue weighted by Gasteiger charge is 2.54. The number of ether oxygens (including phenoxy) is 2. The molecule has 16 heteroatoms. The molecular formula is C48H56F2N4O10. The topological polar surface area (TPSA) is 244 Å². The Morgan fingerprint density at radius 1 is 0.625 bits per heavy atom. The van der Waals surface area contributed by atoms with Gasteiger partial charge >= 0.3 is 23.9 Å². The van der Waals surface area contributed by atoms with Crippen LogP contribution in [0.3, 0.4) is 0 Å². The number of benzene rings is 4. The Morgan fingerprint density at radius 3 is 1.23 bits per heavy atom.